The summed E-state index contributed by atoms with van der Waals surface area (Å²) < 4.78 is 17.4. The lowest BCUT2D eigenvalue weighted by molar-refractivity contribution is -0.150. The second-order valence-corrected chi connectivity index (χ2v) is 19.1. The maximum Gasteiger partial charge on any atom is 0.305 e. The Morgan fingerprint density at radius 1 is 1.06 bits per heavy atom. The Hall–Kier alpha value is -3.74. The van der Waals surface area contributed by atoms with Crippen LogP contribution < -0.4 is 19.7 Å². The smallest absolute Gasteiger partial charge is 0.305 e. The van der Waals surface area contributed by atoms with Gasteiger partial charge in [-0.05, 0) is 61.6 Å². The van der Waals surface area contributed by atoms with Gasteiger partial charge in [0.2, 0.25) is 11.8 Å². The van der Waals surface area contributed by atoms with Crippen LogP contribution in [0.25, 0.3) is 0 Å². The van der Waals surface area contributed by atoms with Crippen molar-refractivity contribution in [2.45, 2.75) is 88.3 Å². The van der Waals surface area contributed by atoms with Crippen LogP contribution in [0.2, 0.25) is 18.6 Å². The number of esters is 1. The highest BCUT2D eigenvalue weighted by Crippen LogP contribution is 2.60. The first-order chi connectivity index (χ1) is 23.5. The standard InChI is InChI=1S/C37H49N3O8Si/c1-24-35(49(4,5)28-14-12-27(46-2)13-15-28)31(22-33(43)38-19-8-9-26(38)23-41)48-37(24)29-21-25(39-20-17-32(39)42)11-16-30(29)40(36(37)45)18-7-6-10-34(44)47-3/h11-16,21,24,26,31,35,41H,6-10,17-20,22-23H2,1-5H3/t24-,26+,31+,35-,37+/m1/s1. The van der Waals surface area contributed by atoms with Gasteiger partial charge >= 0.3 is 5.97 Å². The van der Waals surface area contributed by atoms with Crippen molar-refractivity contribution in [1.29, 1.82) is 0 Å². The van der Waals surface area contributed by atoms with E-state index in [4.69, 9.17) is 14.2 Å². The number of aliphatic hydroxyl groups is 1. The Labute approximate surface area is 289 Å². The molecule has 4 heterocycles. The zero-order chi connectivity index (χ0) is 35.1. The number of β-lactam (4-membered cyclic amide) rings is 1. The average molecular weight is 692 g/mol. The van der Waals surface area contributed by atoms with Crippen LogP contribution in [0.4, 0.5) is 11.4 Å². The number of rotatable bonds is 12. The molecule has 0 aromatic heterocycles. The number of ether oxygens (including phenoxy) is 3. The van der Waals surface area contributed by atoms with E-state index in [0.717, 1.165) is 35.5 Å². The van der Waals surface area contributed by atoms with Crippen molar-refractivity contribution in [2.75, 3.05) is 50.3 Å². The normalized spacial score (nSPS) is 26.4. The van der Waals surface area contributed by atoms with Crippen LogP contribution in [0.1, 0.15) is 57.4 Å². The maximum atomic E-state index is 15.0. The number of benzene rings is 2. The summed E-state index contributed by atoms with van der Waals surface area (Å²) in [5, 5.41) is 11.2. The minimum atomic E-state index is -2.48. The van der Waals surface area contributed by atoms with E-state index in [1.165, 1.54) is 12.3 Å². The molecule has 2 aromatic carbocycles. The SMILES string of the molecule is COC(=O)CCCCN1C(=O)[C@@]2(O[C@@H](CC(=O)N3CCC[C@H]3CO)[C@H]([Si](C)(C)c3ccc(OC)cc3)[C@H]2C)c2cc(N3CCC3=O)ccc21. The number of aliphatic hydroxyl groups excluding tert-OH is 1. The molecule has 264 valence electrons. The lowest BCUT2D eigenvalue weighted by Crippen LogP contribution is -2.52. The van der Waals surface area contributed by atoms with Gasteiger partial charge in [-0.2, -0.15) is 0 Å². The van der Waals surface area contributed by atoms with Crippen LogP contribution in [0.3, 0.4) is 0 Å². The fraction of sp³-hybridized carbons (Fsp3) is 0.568. The van der Waals surface area contributed by atoms with Crippen LogP contribution in [0, 0.1) is 5.92 Å². The summed E-state index contributed by atoms with van der Waals surface area (Å²) in [6.07, 6.45) is 3.05. The molecule has 2 aromatic rings. The topological polar surface area (TPSA) is 126 Å². The molecule has 0 radical (unpaired) electrons. The van der Waals surface area contributed by atoms with E-state index in [0.29, 0.717) is 38.9 Å². The van der Waals surface area contributed by atoms with Crippen molar-refractivity contribution in [3.8, 4) is 5.75 Å². The predicted molar refractivity (Wildman–Crippen MR) is 188 cm³/mol. The first kappa shape index (κ1) is 35.1. The molecule has 0 saturated carbocycles. The lowest BCUT2D eigenvalue weighted by Gasteiger charge is -2.37. The molecule has 0 unspecified atom stereocenters. The number of unbranched alkanes of at least 4 members (excludes halogenated alkanes) is 1. The van der Waals surface area contributed by atoms with E-state index in [2.05, 4.69) is 32.2 Å². The molecule has 49 heavy (non-hydrogen) atoms. The molecule has 4 aliphatic heterocycles. The first-order valence-corrected chi connectivity index (χ1v) is 20.6. The van der Waals surface area contributed by atoms with Crippen LogP contribution >= 0.6 is 0 Å². The zero-order valence-corrected chi connectivity index (χ0v) is 30.3. The van der Waals surface area contributed by atoms with Gasteiger partial charge in [0.1, 0.15) is 5.75 Å². The van der Waals surface area contributed by atoms with Crippen molar-refractivity contribution in [2.24, 2.45) is 5.92 Å². The zero-order valence-electron chi connectivity index (χ0n) is 29.3. The van der Waals surface area contributed by atoms with Crippen molar-refractivity contribution in [1.82, 2.24) is 4.90 Å². The minimum absolute atomic E-state index is 0.0387. The Kier molecular flexibility index (Phi) is 9.94. The average Bonchev–Trinajstić information content (AvgIpc) is 3.76. The predicted octanol–water partition coefficient (Wildman–Crippen LogP) is 3.71. The molecule has 3 fully saturated rings. The third kappa shape index (κ3) is 6.05. The number of hydrogen-bond donors (Lipinski definition) is 1. The number of hydrogen-bond acceptors (Lipinski definition) is 8. The summed E-state index contributed by atoms with van der Waals surface area (Å²) in [7, 11) is 0.524. The molecule has 11 nitrogen and oxygen atoms in total. The number of carbonyl (C=O) groups is 4. The second-order valence-electron chi connectivity index (χ2n) is 14.4. The van der Waals surface area contributed by atoms with Crippen LogP contribution in [0.5, 0.6) is 5.75 Å². The molecule has 0 aliphatic carbocycles. The van der Waals surface area contributed by atoms with Gasteiger partial charge in [-0.3, -0.25) is 19.2 Å². The third-order valence-corrected chi connectivity index (χ3v) is 15.9. The van der Waals surface area contributed by atoms with Gasteiger partial charge in [-0.1, -0.05) is 37.3 Å². The number of carbonyl (C=O) groups excluding carboxylic acids is 4. The summed E-state index contributed by atoms with van der Waals surface area (Å²) >= 11 is 0. The molecule has 4 aliphatic rings. The quantitative estimate of drug-likeness (QED) is 0.155. The van der Waals surface area contributed by atoms with Crippen LogP contribution in [-0.4, -0.2) is 94.4 Å². The molecule has 12 heteroatoms. The summed E-state index contributed by atoms with van der Waals surface area (Å²) in [4.78, 5) is 58.6. The Morgan fingerprint density at radius 2 is 1.82 bits per heavy atom. The molecule has 5 atom stereocenters. The Balaban J connectivity index is 1.42. The minimum Gasteiger partial charge on any atom is -0.497 e. The third-order valence-electron chi connectivity index (χ3n) is 11.5. The highest BCUT2D eigenvalue weighted by atomic mass is 28.3. The van der Waals surface area contributed by atoms with Crippen molar-refractivity contribution < 1.29 is 38.5 Å². The van der Waals surface area contributed by atoms with Crippen molar-refractivity contribution >= 4 is 48.3 Å². The van der Waals surface area contributed by atoms with Gasteiger partial charge < -0.3 is 34.0 Å². The number of amides is 3. The molecular weight excluding hydrogens is 643 g/mol. The number of anilines is 2. The van der Waals surface area contributed by atoms with E-state index in [9.17, 15) is 24.3 Å². The van der Waals surface area contributed by atoms with Gasteiger partial charge in [-0.25, -0.2) is 0 Å². The Morgan fingerprint density at radius 3 is 2.45 bits per heavy atom. The molecule has 1 spiro atoms. The highest BCUT2D eigenvalue weighted by molar-refractivity contribution is 6.91. The fourth-order valence-corrected chi connectivity index (χ4v) is 12.8. The molecule has 3 amide bonds. The largest absolute Gasteiger partial charge is 0.497 e. The summed E-state index contributed by atoms with van der Waals surface area (Å²) in [5.41, 5.74) is 0.696. The van der Waals surface area contributed by atoms with Crippen molar-refractivity contribution in [3.05, 3.63) is 48.0 Å². The summed E-state index contributed by atoms with van der Waals surface area (Å²) in [6.45, 7) is 8.17. The van der Waals surface area contributed by atoms with Gasteiger partial charge in [0.05, 0.1) is 53.2 Å². The van der Waals surface area contributed by atoms with Crippen LogP contribution in [-0.2, 0) is 34.3 Å². The van der Waals surface area contributed by atoms with E-state index in [-0.39, 0.29) is 60.6 Å². The van der Waals surface area contributed by atoms with E-state index in [1.807, 2.05) is 30.3 Å². The van der Waals surface area contributed by atoms with Crippen LogP contribution in [0.15, 0.2) is 42.5 Å². The fourth-order valence-electron chi connectivity index (χ4n) is 8.76. The number of methoxy groups -OCH3 is 2. The summed E-state index contributed by atoms with van der Waals surface area (Å²) in [6, 6.07) is 13.6. The molecule has 1 N–H and O–H groups in total. The molecule has 6 rings (SSSR count). The van der Waals surface area contributed by atoms with E-state index in [1.54, 1.807) is 21.8 Å². The second kappa shape index (κ2) is 13.9. The van der Waals surface area contributed by atoms with E-state index < -0.39 is 19.8 Å². The van der Waals surface area contributed by atoms with E-state index >= 15 is 0 Å². The number of fused-ring (bicyclic) bond motifs is 2. The monoisotopic (exact) mass is 691 g/mol. The van der Waals surface area contributed by atoms with Crippen molar-refractivity contribution in [3.63, 3.8) is 0 Å². The van der Waals surface area contributed by atoms with Gasteiger partial charge in [0, 0.05) is 49.6 Å². The molecule has 3 saturated heterocycles. The summed E-state index contributed by atoms with van der Waals surface area (Å²) in [5.74, 6) is -0.0440. The Bertz CT molecular complexity index is 1600. The van der Waals surface area contributed by atoms with Gasteiger partial charge in [0.25, 0.3) is 5.91 Å². The number of likely N-dealkylation sites (tertiary alicyclic amines) is 1. The van der Waals surface area contributed by atoms with Gasteiger partial charge in [0.15, 0.2) is 5.60 Å². The van der Waals surface area contributed by atoms with Gasteiger partial charge in [-0.15, -0.1) is 0 Å². The lowest BCUT2D eigenvalue weighted by atomic mass is 9.82. The molecular formula is C37H49N3O8Si. The maximum absolute atomic E-state index is 15.0. The molecule has 0 bridgehead atoms. The first-order valence-electron chi connectivity index (χ1n) is 17.5. The highest BCUT2D eigenvalue weighted by Gasteiger charge is 2.66. The number of nitrogens with zero attached hydrogens (tertiary/aromatic N) is 3.